The van der Waals surface area contributed by atoms with Crippen molar-refractivity contribution in [1.29, 1.82) is 0 Å². The van der Waals surface area contributed by atoms with Gasteiger partial charge in [0.25, 0.3) is 0 Å². The van der Waals surface area contributed by atoms with Crippen LogP contribution in [0.4, 0.5) is 5.13 Å². The van der Waals surface area contributed by atoms with E-state index in [-0.39, 0.29) is 23.2 Å². The van der Waals surface area contributed by atoms with Crippen LogP contribution in [0.2, 0.25) is 0 Å². The molecule has 1 aromatic heterocycles. The molecule has 3 aliphatic rings. The molecular weight excluding hydrogens is 484 g/mol. The lowest BCUT2D eigenvalue weighted by Crippen LogP contribution is -2.44. The van der Waals surface area contributed by atoms with Crippen LogP contribution in [-0.2, 0) is 20.8 Å². The summed E-state index contributed by atoms with van der Waals surface area (Å²) in [5.74, 6) is 2.15. The summed E-state index contributed by atoms with van der Waals surface area (Å²) < 4.78 is 5.67. The Balaban J connectivity index is 1.31. The molecule has 3 aliphatic carbocycles. The number of nitrogens with zero attached hydrogens (tertiary/aromatic N) is 1. The number of aromatic nitrogens is 1. The van der Waals surface area contributed by atoms with Gasteiger partial charge >= 0.3 is 5.97 Å². The van der Waals surface area contributed by atoms with Gasteiger partial charge in [0, 0.05) is 29.3 Å². The van der Waals surface area contributed by atoms with Gasteiger partial charge in [0.15, 0.2) is 5.13 Å². The Hall–Kier alpha value is -2.54. The van der Waals surface area contributed by atoms with Crippen LogP contribution in [0.5, 0.6) is 5.75 Å². The van der Waals surface area contributed by atoms with Gasteiger partial charge in [0.1, 0.15) is 11.5 Å². The highest BCUT2D eigenvalue weighted by atomic mass is 32.1. The standard InChI is InChI=1S/C30H38N2O4S/c1-17-16-31-28(37-17)32-25(34)11-7-19-15-24(33)30(5)13-12-22-21-10-8-20(36-27(35)29(2,3)4)14-18(21)6-9-23(22)26(19)30/h8,10,14,16,19,22-23,26H,6-7,9,11-13,15H2,1-5H3,(H,31,32,34). The topological polar surface area (TPSA) is 85.4 Å². The molecule has 0 bridgehead atoms. The molecule has 0 aliphatic heterocycles. The van der Waals surface area contributed by atoms with Gasteiger partial charge in [-0.1, -0.05) is 13.0 Å². The van der Waals surface area contributed by atoms with Gasteiger partial charge < -0.3 is 10.1 Å². The van der Waals surface area contributed by atoms with E-state index < -0.39 is 5.41 Å². The van der Waals surface area contributed by atoms with Crippen LogP contribution >= 0.6 is 11.3 Å². The number of anilines is 1. The van der Waals surface area contributed by atoms with E-state index in [1.54, 1.807) is 6.20 Å². The number of nitrogens with one attached hydrogen (secondary N) is 1. The monoisotopic (exact) mass is 522 g/mol. The average molecular weight is 523 g/mol. The molecule has 5 unspecified atom stereocenters. The number of rotatable bonds is 5. The highest BCUT2D eigenvalue weighted by Crippen LogP contribution is 2.62. The molecular formula is C30H38N2O4S. The molecule has 1 aromatic carbocycles. The summed E-state index contributed by atoms with van der Waals surface area (Å²) in [6.07, 6.45) is 7.37. The van der Waals surface area contributed by atoms with Crippen molar-refractivity contribution in [1.82, 2.24) is 4.98 Å². The normalized spacial score (nSPS) is 28.7. The maximum absolute atomic E-state index is 13.3. The van der Waals surface area contributed by atoms with Crippen molar-refractivity contribution >= 4 is 34.1 Å². The van der Waals surface area contributed by atoms with Crippen LogP contribution in [0.25, 0.3) is 0 Å². The summed E-state index contributed by atoms with van der Waals surface area (Å²) in [5.41, 5.74) is 1.79. The van der Waals surface area contributed by atoms with Crippen molar-refractivity contribution in [2.24, 2.45) is 28.6 Å². The number of benzene rings is 1. The Labute approximate surface area is 223 Å². The van der Waals surface area contributed by atoms with Crippen molar-refractivity contribution in [3.8, 4) is 5.75 Å². The van der Waals surface area contributed by atoms with Gasteiger partial charge in [-0.25, -0.2) is 4.98 Å². The number of hydrogen-bond acceptors (Lipinski definition) is 6. The minimum Gasteiger partial charge on any atom is -0.426 e. The number of thiazole rings is 1. The first-order valence-electron chi connectivity index (χ1n) is 13.6. The summed E-state index contributed by atoms with van der Waals surface area (Å²) in [4.78, 5) is 43.6. The fraction of sp³-hybridized carbons (Fsp3) is 0.600. The molecule has 7 heteroatoms. The van der Waals surface area contributed by atoms with E-state index in [0.717, 1.165) is 37.0 Å². The Morgan fingerprint density at radius 1 is 1.24 bits per heavy atom. The number of ketones is 1. The smallest absolute Gasteiger partial charge is 0.316 e. The second kappa shape index (κ2) is 9.64. The van der Waals surface area contributed by atoms with Gasteiger partial charge in [0.05, 0.1) is 5.41 Å². The predicted molar refractivity (Wildman–Crippen MR) is 145 cm³/mol. The number of fused-ring (bicyclic) bond motifs is 5. The van der Waals surface area contributed by atoms with Crippen LogP contribution in [0.3, 0.4) is 0 Å². The number of amides is 1. The van der Waals surface area contributed by atoms with Crippen molar-refractivity contribution in [2.45, 2.75) is 85.5 Å². The third kappa shape index (κ3) is 4.99. The zero-order chi connectivity index (χ0) is 26.5. The number of carbonyl (C=O) groups excluding carboxylic acids is 3. The Morgan fingerprint density at radius 2 is 2.03 bits per heavy atom. The van der Waals surface area contributed by atoms with Crippen LogP contribution in [-0.4, -0.2) is 22.6 Å². The summed E-state index contributed by atoms with van der Waals surface area (Å²) in [6, 6.07) is 6.13. The molecule has 1 amide bonds. The first-order valence-corrected chi connectivity index (χ1v) is 14.4. The van der Waals surface area contributed by atoms with Crippen molar-refractivity contribution in [3.05, 3.63) is 40.4 Å². The highest BCUT2D eigenvalue weighted by Gasteiger charge is 2.58. The molecule has 0 radical (unpaired) electrons. The number of aryl methyl sites for hydroxylation is 2. The molecule has 37 heavy (non-hydrogen) atoms. The molecule has 5 atom stereocenters. The molecule has 2 saturated carbocycles. The fourth-order valence-electron chi connectivity index (χ4n) is 7.12. The zero-order valence-electron chi connectivity index (χ0n) is 22.6. The van der Waals surface area contributed by atoms with Gasteiger partial charge in [-0.15, -0.1) is 11.3 Å². The summed E-state index contributed by atoms with van der Waals surface area (Å²) in [7, 11) is 0. The minimum atomic E-state index is -0.547. The van der Waals surface area contributed by atoms with Gasteiger partial charge in [-0.2, -0.15) is 0 Å². The lowest BCUT2D eigenvalue weighted by molar-refractivity contribution is -0.143. The molecule has 1 N–H and O–H groups in total. The van der Waals surface area contributed by atoms with Crippen molar-refractivity contribution < 1.29 is 19.1 Å². The van der Waals surface area contributed by atoms with Crippen molar-refractivity contribution in [3.63, 3.8) is 0 Å². The number of hydrogen-bond donors (Lipinski definition) is 1. The second-order valence-electron chi connectivity index (χ2n) is 12.5. The number of ether oxygens (including phenoxy) is 1. The predicted octanol–water partition coefficient (Wildman–Crippen LogP) is 6.47. The van der Waals surface area contributed by atoms with E-state index in [1.807, 2.05) is 39.8 Å². The third-order valence-corrected chi connectivity index (χ3v) is 9.80. The van der Waals surface area contributed by atoms with E-state index in [9.17, 15) is 14.4 Å². The third-order valence-electron chi connectivity index (χ3n) is 8.97. The highest BCUT2D eigenvalue weighted by molar-refractivity contribution is 7.15. The van der Waals surface area contributed by atoms with Crippen LogP contribution in [0, 0.1) is 35.5 Å². The maximum Gasteiger partial charge on any atom is 0.316 e. The van der Waals surface area contributed by atoms with E-state index in [2.05, 4.69) is 23.3 Å². The Bertz CT molecular complexity index is 1230. The molecule has 1 heterocycles. The van der Waals surface area contributed by atoms with E-state index in [4.69, 9.17) is 4.74 Å². The quantitative estimate of drug-likeness (QED) is 0.359. The van der Waals surface area contributed by atoms with E-state index in [0.29, 0.717) is 47.3 Å². The molecule has 0 spiro atoms. The van der Waals surface area contributed by atoms with Crippen LogP contribution in [0.1, 0.15) is 88.1 Å². The number of Topliss-reactive ketones (excluding diaryl/α,β-unsaturated/α-hetero) is 1. The minimum absolute atomic E-state index is 0.0194. The molecule has 6 nitrogen and oxygen atoms in total. The lowest BCUT2D eigenvalue weighted by atomic mass is 9.54. The van der Waals surface area contributed by atoms with Gasteiger partial charge in [-0.3, -0.25) is 14.4 Å². The SMILES string of the molecule is Cc1cnc(NC(=O)CCC2CC(=O)C3(C)CCC4c5ccc(OC(=O)C(C)(C)C)cc5CCC4C23)s1. The van der Waals surface area contributed by atoms with Crippen LogP contribution in [0.15, 0.2) is 24.4 Å². The van der Waals surface area contributed by atoms with Crippen molar-refractivity contribution in [2.75, 3.05) is 5.32 Å². The van der Waals surface area contributed by atoms with E-state index >= 15 is 0 Å². The largest absolute Gasteiger partial charge is 0.426 e. The van der Waals surface area contributed by atoms with E-state index in [1.165, 1.54) is 22.5 Å². The summed E-state index contributed by atoms with van der Waals surface area (Å²) in [5, 5.41) is 3.57. The molecule has 198 valence electrons. The van der Waals surface area contributed by atoms with Gasteiger partial charge in [-0.05, 0) is 107 Å². The van der Waals surface area contributed by atoms with Crippen LogP contribution < -0.4 is 10.1 Å². The van der Waals surface area contributed by atoms with Gasteiger partial charge in [0.2, 0.25) is 5.91 Å². The molecule has 0 saturated heterocycles. The fourth-order valence-corrected chi connectivity index (χ4v) is 7.80. The second-order valence-corrected chi connectivity index (χ2v) is 13.8. The Morgan fingerprint density at radius 3 is 2.73 bits per heavy atom. The Kier molecular flexibility index (Phi) is 6.80. The zero-order valence-corrected chi connectivity index (χ0v) is 23.4. The molecule has 2 aromatic rings. The first-order chi connectivity index (χ1) is 17.5. The first kappa shape index (κ1) is 26.1. The number of esters is 1. The average Bonchev–Trinajstić information content (AvgIpc) is 3.36. The maximum atomic E-state index is 13.3. The summed E-state index contributed by atoms with van der Waals surface area (Å²) >= 11 is 1.48. The summed E-state index contributed by atoms with van der Waals surface area (Å²) in [6.45, 7) is 9.74. The number of carbonyl (C=O) groups is 3. The molecule has 2 fully saturated rings. The lowest BCUT2D eigenvalue weighted by Gasteiger charge is -2.50. The molecule has 5 rings (SSSR count).